The second kappa shape index (κ2) is 11.7. The molecule has 1 aromatic carbocycles. The van der Waals surface area contributed by atoms with Crippen molar-refractivity contribution in [3.8, 4) is 0 Å². The number of guanidine groups is 1. The molecule has 2 aliphatic heterocycles. The number of benzene rings is 1. The van der Waals surface area contributed by atoms with Gasteiger partial charge < -0.3 is 24.9 Å². The van der Waals surface area contributed by atoms with Gasteiger partial charge in [-0.1, -0.05) is 26.8 Å². The van der Waals surface area contributed by atoms with Crippen molar-refractivity contribution in [2.45, 2.75) is 33.7 Å². The van der Waals surface area contributed by atoms with Crippen LogP contribution in [0.4, 0.5) is 10.1 Å². The number of rotatable bonds is 8. The summed E-state index contributed by atoms with van der Waals surface area (Å²) in [6, 6.07) is 5.65. The van der Waals surface area contributed by atoms with Gasteiger partial charge in [0.1, 0.15) is 5.82 Å². The van der Waals surface area contributed by atoms with Gasteiger partial charge in [0.15, 0.2) is 5.96 Å². The van der Waals surface area contributed by atoms with Crippen molar-refractivity contribution in [2.75, 3.05) is 77.4 Å². The van der Waals surface area contributed by atoms with Crippen LogP contribution in [0.25, 0.3) is 0 Å². The van der Waals surface area contributed by atoms with Crippen molar-refractivity contribution in [3.63, 3.8) is 0 Å². The largest absolute Gasteiger partial charge is 0.367 e. The summed E-state index contributed by atoms with van der Waals surface area (Å²) in [5.74, 6) is 1.48. The van der Waals surface area contributed by atoms with Gasteiger partial charge in [-0.25, -0.2) is 4.39 Å². The van der Waals surface area contributed by atoms with E-state index in [1.807, 2.05) is 19.2 Å². The third-order valence-corrected chi connectivity index (χ3v) is 6.83. The summed E-state index contributed by atoms with van der Waals surface area (Å²) < 4.78 is 14.8. The summed E-state index contributed by atoms with van der Waals surface area (Å²) in [6.45, 7) is 17.5. The quantitative estimate of drug-likeness (QED) is 0.505. The maximum Gasteiger partial charge on any atom is 0.193 e. The fraction of sp³-hybridized carbons (Fsp3) is 0.708. The number of halogens is 1. The first kappa shape index (κ1) is 23.8. The number of anilines is 1. The van der Waals surface area contributed by atoms with Crippen LogP contribution in [0.5, 0.6) is 0 Å². The molecule has 1 N–H and O–H groups in total. The van der Waals surface area contributed by atoms with Crippen LogP contribution in [0, 0.1) is 11.7 Å². The molecule has 3 rings (SSSR count). The highest BCUT2D eigenvalue weighted by atomic mass is 19.1. The lowest BCUT2D eigenvalue weighted by Gasteiger charge is -2.35. The Kier molecular flexibility index (Phi) is 8.96. The van der Waals surface area contributed by atoms with Crippen molar-refractivity contribution in [1.82, 2.24) is 20.0 Å². The summed E-state index contributed by atoms with van der Waals surface area (Å²) in [5, 5.41) is 3.44. The monoisotopic (exact) mass is 432 g/mol. The Morgan fingerprint density at radius 1 is 1.13 bits per heavy atom. The average molecular weight is 433 g/mol. The highest BCUT2D eigenvalue weighted by Crippen LogP contribution is 2.22. The van der Waals surface area contributed by atoms with Gasteiger partial charge in [-0.3, -0.25) is 4.99 Å². The van der Waals surface area contributed by atoms with E-state index in [9.17, 15) is 4.39 Å². The minimum absolute atomic E-state index is 0.125. The lowest BCUT2D eigenvalue weighted by atomic mass is 10.1. The number of hydrogen-bond donors (Lipinski definition) is 1. The van der Waals surface area contributed by atoms with Crippen LogP contribution in [0.3, 0.4) is 0 Å². The third kappa shape index (κ3) is 6.32. The van der Waals surface area contributed by atoms with Crippen LogP contribution >= 0.6 is 0 Å². The maximum absolute atomic E-state index is 14.8. The standard InChI is InChI=1S/C24H41FN6/c1-5-28(6-2)18-21-10-11-31(19-21)24(26-4)27-17-20-8-9-23(22(25)16-20)30-14-12-29(7-3)13-15-30/h8-9,16,21H,5-7,10-15,17-19H2,1-4H3,(H,26,27). The minimum atomic E-state index is -0.125. The normalized spacial score (nSPS) is 20.7. The molecule has 174 valence electrons. The smallest absolute Gasteiger partial charge is 0.193 e. The minimum Gasteiger partial charge on any atom is -0.367 e. The first-order valence-electron chi connectivity index (χ1n) is 12.0. The average Bonchev–Trinajstić information content (AvgIpc) is 3.26. The van der Waals surface area contributed by atoms with Gasteiger partial charge in [0.2, 0.25) is 0 Å². The van der Waals surface area contributed by atoms with Gasteiger partial charge in [-0.15, -0.1) is 0 Å². The van der Waals surface area contributed by atoms with Crippen molar-refractivity contribution >= 4 is 11.6 Å². The highest BCUT2D eigenvalue weighted by molar-refractivity contribution is 5.80. The number of hydrogen-bond acceptors (Lipinski definition) is 4. The maximum atomic E-state index is 14.8. The van der Waals surface area contributed by atoms with Crippen LogP contribution in [-0.4, -0.2) is 93.2 Å². The van der Waals surface area contributed by atoms with Gasteiger partial charge in [0, 0.05) is 59.4 Å². The zero-order valence-corrected chi connectivity index (χ0v) is 19.9. The Morgan fingerprint density at radius 3 is 2.48 bits per heavy atom. The van der Waals surface area contributed by atoms with Crippen molar-refractivity contribution in [3.05, 3.63) is 29.6 Å². The number of nitrogens with one attached hydrogen (secondary N) is 1. The molecule has 31 heavy (non-hydrogen) atoms. The molecule has 1 aromatic rings. The summed E-state index contributed by atoms with van der Waals surface area (Å²) in [6.07, 6.45) is 1.20. The van der Waals surface area contributed by atoms with Crippen LogP contribution in [0.15, 0.2) is 23.2 Å². The first-order valence-corrected chi connectivity index (χ1v) is 12.0. The molecule has 2 aliphatic rings. The van der Waals surface area contributed by atoms with E-state index in [0.717, 1.165) is 82.7 Å². The summed E-state index contributed by atoms with van der Waals surface area (Å²) in [7, 11) is 1.83. The van der Waals surface area contributed by atoms with E-state index >= 15 is 0 Å². The van der Waals surface area contributed by atoms with Gasteiger partial charge in [0.25, 0.3) is 0 Å². The molecule has 0 bridgehead atoms. The lowest BCUT2D eigenvalue weighted by molar-refractivity contribution is 0.255. The third-order valence-electron chi connectivity index (χ3n) is 6.83. The Bertz CT molecular complexity index is 712. The van der Waals surface area contributed by atoms with Crippen molar-refractivity contribution in [2.24, 2.45) is 10.9 Å². The number of likely N-dealkylation sites (tertiary alicyclic amines) is 1. The van der Waals surface area contributed by atoms with E-state index in [4.69, 9.17) is 0 Å². The van der Waals surface area contributed by atoms with Crippen LogP contribution < -0.4 is 10.2 Å². The van der Waals surface area contributed by atoms with Crippen LogP contribution in [-0.2, 0) is 6.54 Å². The van der Waals surface area contributed by atoms with Gasteiger partial charge in [-0.2, -0.15) is 0 Å². The van der Waals surface area contributed by atoms with Gasteiger partial charge >= 0.3 is 0 Å². The fourth-order valence-electron chi connectivity index (χ4n) is 4.76. The fourth-order valence-corrected chi connectivity index (χ4v) is 4.76. The molecule has 0 saturated carbocycles. The number of aliphatic imine (C=N–C) groups is 1. The number of likely N-dealkylation sites (N-methyl/N-ethyl adjacent to an activating group) is 1. The molecule has 2 heterocycles. The van der Waals surface area contributed by atoms with Gasteiger partial charge in [0.05, 0.1) is 5.69 Å². The van der Waals surface area contributed by atoms with E-state index in [-0.39, 0.29) is 5.82 Å². The molecule has 0 amide bonds. The molecule has 0 spiro atoms. The second-order valence-corrected chi connectivity index (χ2v) is 8.69. The predicted octanol–water partition coefficient (Wildman–Crippen LogP) is 2.71. The van der Waals surface area contributed by atoms with E-state index in [1.54, 1.807) is 6.07 Å². The first-order chi connectivity index (χ1) is 15.1. The van der Waals surface area contributed by atoms with Crippen LogP contribution in [0.1, 0.15) is 32.8 Å². The predicted molar refractivity (Wildman–Crippen MR) is 128 cm³/mol. The molecule has 2 saturated heterocycles. The molecular formula is C24H41FN6. The summed E-state index contributed by atoms with van der Waals surface area (Å²) >= 11 is 0. The lowest BCUT2D eigenvalue weighted by Crippen LogP contribution is -2.46. The van der Waals surface area contributed by atoms with E-state index in [2.05, 4.69) is 50.7 Å². The summed E-state index contributed by atoms with van der Waals surface area (Å²) in [4.78, 5) is 13.9. The number of nitrogens with zero attached hydrogens (tertiary/aromatic N) is 5. The Morgan fingerprint density at radius 2 is 1.87 bits per heavy atom. The Hall–Kier alpha value is -1.86. The van der Waals surface area contributed by atoms with E-state index in [0.29, 0.717) is 12.5 Å². The second-order valence-electron chi connectivity index (χ2n) is 8.69. The van der Waals surface area contributed by atoms with E-state index in [1.165, 1.54) is 6.42 Å². The highest BCUT2D eigenvalue weighted by Gasteiger charge is 2.26. The van der Waals surface area contributed by atoms with Crippen LogP contribution in [0.2, 0.25) is 0 Å². The zero-order valence-electron chi connectivity index (χ0n) is 19.9. The van der Waals surface area contributed by atoms with E-state index < -0.39 is 0 Å². The number of piperazine rings is 1. The molecule has 7 heteroatoms. The molecule has 2 fully saturated rings. The molecule has 6 nitrogen and oxygen atoms in total. The summed E-state index contributed by atoms with van der Waals surface area (Å²) in [5.41, 5.74) is 1.68. The molecule has 1 unspecified atom stereocenters. The SMILES string of the molecule is CCN1CCN(c2ccc(CNC(=NC)N3CCC(CN(CC)CC)C3)cc2F)CC1. The molecule has 0 aromatic heterocycles. The molecular weight excluding hydrogens is 391 g/mol. The van der Waals surface area contributed by atoms with Gasteiger partial charge in [-0.05, 0) is 49.7 Å². The van der Waals surface area contributed by atoms with Crippen molar-refractivity contribution in [1.29, 1.82) is 0 Å². The molecule has 0 aliphatic carbocycles. The van der Waals surface area contributed by atoms with Crippen molar-refractivity contribution < 1.29 is 4.39 Å². The Balaban J connectivity index is 1.51. The zero-order chi connectivity index (χ0) is 22.2. The molecule has 0 radical (unpaired) electrons. The Labute approximate surface area is 188 Å². The molecule has 1 atom stereocenters. The topological polar surface area (TPSA) is 37.4 Å².